The van der Waals surface area contributed by atoms with Crippen molar-refractivity contribution in [2.45, 2.75) is 25.5 Å². The third-order valence-corrected chi connectivity index (χ3v) is 3.32. The van der Waals surface area contributed by atoms with Gasteiger partial charge in [0.15, 0.2) is 0 Å². The van der Waals surface area contributed by atoms with Gasteiger partial charge < -0.3 is 15.3 Å². The summed E-state index contributed by atoms with van der Waals surface area (Å²) < 4.78 is 0. The summed E-state index contributed by atoms with van der Waals surface area (Å²) in [5.41, 5.74) is 1.11. The van der Waals surface area contributed by atoms with Crippen molar-refractivity contribution in [2.75, 3.05) is 24.3 Å². The van der Waals surface area contributed by atoms with Crippen LogP contribution in [0, 0.1) is 0 Å². The number of hydrogen-bond acceptors (Lipinski definition) is 5. The molecule has 0 aliphatic carbocycles. The van der Waals surface area contributed by atoms with Gasteiger partial charge in [-0.15, -0.1) is 0 Å². The van der Waals surface area contributed by atoms with Gasteiger partial charge in [0.25, 0.3) is 0 Å². The third kappa shape index (κ3) is 4.43. The van der Waals surface area contributed by atoms with Crippen molar-refractivity contribution < 1.29 is 5.11 Å². The maximum atomic E-state index is 10.3. The molecule has 5 nitrogen and oxygen atoms in total. The molecule has 1 aromatic heterocycles. The van der Waals surface area contributed by atoms with E-state index in [1.165, 1.54) is 0 Å². The quantitative estimate of drug-likeness (QED) is 0.850. The number of nitrogens with zero attached hydrogens (tertiary/aromatic N) is 3. The minimum atomic E-state index is -0.501. The molecule has 0 radical (unpaired) electrons. The molecular weight excluding hydrogens is 264 g/mol. The lowest BCUT2D eigenvalue weighted by Gasteiger charge is -2.21. The molecule has 2 atom stereocenters. The summed E-state index contributed by atoms with van der Waals surface area (Å²) in [6, 6.07) is 11.7. The van der Waals surface area contributed by atoms with E-state index in [1.807, 2.05) is 62.3 Å². The van der Waals surface area contributed by atoms with Crippen LogP contribution in [0.2, 0.25) is 0 Å². The molecule has 1 aromatic carbocycles. The highest BCUT2D eigenvalue weighted by Gasteiger charge is 2.15. The number of aliphatic hydroxyl groups excluding tert-OH is 1. The maximum Gasteiger partial charge on any atom is 0.224 e. The second-order valence-electron chi connectivity index (χ2n) is 5.32. The SMILES string of the molecule is CC(Nc1nccc(N(C)C)n1)C(O)Cc1ccccc1. The van der Waals surface area contributed by atoms with Crippen molar-refractivity contribution in [1.82, 2.24) is 9.97 Å². The zero-order chi connectivity index (χ0) is 15.2. The lowest BCUT2D eigenvalue weighted by molar-refractivity contribution is 0.158. The lowest BCUT2D eigenvalue weighted by Crippen LogP contribution is -2.33. The molecule has 0 aliphatic heterocycles. The summed E-state index contributed by atoms with van der Waals surface area (Å²) in [6.07, 6.45) is 1.81. The first kappa shape index (κ1) is 15.3. The largest absolute Gasteiger partial charge is 0.391 e. The number of anilines is 2. The molecule has 2 rings (SSSR count). The van der Waals surface area contributed by atoms with Gasteiger partial charge in [-0.05, 0) is 18.6 Å². The molecular formula is C16H22N4O. The van der Waals surface area contributed by atoms with Crippen LogP contribution in [0.3, 0.4) is 0 Å². The van der Waals surface area contributed by atoms with Crippen molar-refractivity contribution in [3.63, 3.8) is 0 Å². The Morgan fingerprint density at radius 3 is 2.57 bits per heavy atom. The Hall–Kier alpha value is -2.14. The number of aromatic nitrogens is 2. The van der Waals surface area contributed by atoms with Gasteiger partial charge in [-0.25, -0.2) is 4.98 Å². The van der Waals surface area contributed by atoms with Crippen LogP contribution in [0.25, 0.3) is 0 Å². The number of nitrogens with one attached hydrogen (secondary N) is 1. The fourth-order valence-corrected chi connectivity index (χ4v) is 2.00. The van der Waals surface area contributed by atoms with Gasteiger partial charge >= 0.3 is 0 Å². The minimum Gasteiger partial charge on any atom is -0.391 e. The van der Waals surface area contributed by atoms with E-state index in [9.17, 15) is 5.11 Å². The molecule has 21 heavy (non-hydrogen) atoms. The Balaban J connectivity index is 1.97. The van der Waals surface area contributed by atoms with Crippen LogP contribution in [-0.4, -0.2) is 41.3 Å². The average molecular weight is 286 g/mol. The van der Waals surface area contributed by atoms with Gasteiger partial charge in [-0.1, -0.05) is 30.3 Å². The number of hydrogen-bond donors (Lipinski definition) is 2. The summed E-state index contributed by atoms with van der Waals surface area (Å²) >= 11 is 0. The van der Waals surface area contributed by atoms with Gasteiger partial charge in [-0.2, -0.15) is 4.98 Å². The van der Waals surface area contributed by atoms with Crippen LogP contribution in [0.5, 0.6) is 0 Å². The molecule has 2 N–H and O–H groups in total. The zero-order valence-corrected chi connectivity index (χ0v) is 12.7. The van der Waals surface area contributed by atoms with E-state index in [4.69, 9.17) is 0 Å². The van der Waals surface area contributed by atoms with E-state index in [-0.39, 0.29) is 6.04 Å². The van der Waals surface area contributed by atoms with Crippen LogP contribution in [0.1, 0.15) is 12.5 Å². The molecule has 112 valence electrons. The Morgan fingerprint density at radius 1 is 1.19 bits per heavy atom. The molecule has 0 aliphatic rings. The fraction of sp³-hybridized carbons (Fsp3) is 0.375. The Kier molecular flexibility index (Phi) is 5.11. The smallest absolute Gasteiger partial charge is 0.224 e. The van der Waals surface area contributed by atoms with Gasteiger partial charge in [0.2, 0.25) is 5.95 Å². The standard InChI is InChI=1S/C16H22N4O/c1-12(14(21)11-13-7-5-4-6-8-13)18-16-17-10-9-15(19-16)20(2)3/h4-10,12,14,21H,11H2,1-3H3,(H,17,18,19). The van der Waals surface area contributed by atoms with E-state index in [2.05, 4.69) is 15.3 Å². The molecule has 0 amide bonds. The molecule has 0 bridgehead atoms. The van der Waals surface area contributed by atoms with Gasteiger partial charge in [0.05, 0.1) is 12.1 Å². The second-order valence-corrected chi connectivity index (χ2v) is 5.32. The van der Waals surface area contributed by atoms with Crippen molar-refractivity contribution in [3.8, 4) is 0 Å². The average Bonchev–Trinajstić information content (AvgIpc) is 2.48. The number of rotatable bonds is 6. The van der Waals surface area contributed by atoms with Crippen LogP contribution < -0.4 is 10.2 Å². The van der Waals surface area contributed by atoms with E-state index >= 15 is 0 Å². The topological polar surface area (TPSA) is 61.3 Å². The van der Waals surface area contributed by atoms with Crippen LogP contribution in [0.15, 0.2) is 42.6 Å². The van der Waals surface area contributed by atoms with E-state index < -0.39 is 6.10 Å². The van der Waals surface area contributed by atoms with Crippen molar-refractivity contribution in [1.29, 1.82) is 0 Å². The first-order chi connectivity index (χ1) is 10.1. The van der Waals surface area contributed by atoms with E-state index in [0.29, 0.717) is 12.4 Å². The van der Waals surface area contributed by atoms with Gasteiger partial charge in [0, 0.05) is 26.7 Å². The Labute approximate surface area is 125 Å². The molecule has 0 saturated heterocycles. The minimum absolute atomic E-state index is 0.136. The zero-order valence-electron chi connectivity index (χ0n) is 12.7. The Morgan fingerprint density at radius 2 is 1.90 bits per heavy atom. The summed E-state index contributed by atoms with van der Waals surface area (Å²) in [6.45, 7) is 1.93. The molecule has 1 heterocycles. The molecule has 2 aromatic rings. The predicted octanol–water partition coefficient (Wildman–Crippen LogP) is 1.95. The van der Waals surface area contributed by atoms with E-state index in [0.717, 1.165) is 11.4 Å². The van der Waals surface area contributed by atoms with Gasteiger partial charge in [-0.3, -0.25) is 0 Å². The molecule has 0 saturated carbocycles. The monoisotopic (exact) mass is 286 g/mol. The van der Waals surface area contributed by atoms with Gasteiger partial charge in [0.1, 0.15) is 5.82 Å². The summed E-state index contributed by atoms with van der Waals surface area (Å²) in [5.74, 6) is 1.36. The lowest BCUT2D eigenvalue weighted by atomic mass is 10.0. The van der Waals surface area contributed by atoms with Crippen molar-refractivity contribution in [3.05, 3.63) is 48.2 Å². The van der Waals surface area contributed by atoms with Crippen LogP contribution >= 0.6 is 0 Å². The predicted molar refractivity (Wildman–Crippen MR) is 85.6 cm³/mol. The molecule has 2 unspecified atom stereocenters. The first-order valence-electron chi connectivity index (χ1n) is 7.05. The highest BCUT2D eigenvalue weighted by molar-refractivity contribution is 5.41. The molecule has 5 heteroatoms. The molecule has 0 fully saturated rings. The first-order valence-corrected chi connectivity index (χ1v) is 7.05. The van der Waals surface area contributed by atoms with E-state index in [1.54, 1.807) is 6.20 Å². The fourth-order valence-electron chi connectivity index (χ4n) is 2.00. The van der Waals surface area contributed by atoms with Crippen molar-refractivity contribution >= 4 is 11.8 Å². The van der Waals surface area contributed by atoms with Crippen LogP contribution in [0.4, 0.5) is 11.8 Å². The summed E-state index contributed by atoms with van der Waals surface area (Å²) in [7, 11) is 3.86. The normalized spacial score (nSPS) is 13.5. The second kappa shape index (κ2) is 7.04. The number of benzene rings is 1. The summed E-state index contributed by atoms with van der Waals surface area (Å²) in [5, 5.41) is 13.4. The maximum absolute atomic E-state index is 10.3. The highest BCUT2D eigenvalue weighted by atomic mass is 16.3. The Bertz CT molecular complexity index is 559. The van der Waals surface area contributed by atoms with Crippen LogP contribution in [-0.2, 0) is 6.42 Å². The number of aliphatic hydroxyl groups is 1. The highest BCUT2D eigenvalue weighted by Crippen LogP contribution is 2.12. The molecule has 0 spiro atoms. The summed E-state index contributed by atoms with van der Waals surface area (Å²) in [4.78, 5) is 10.5. The van der Waals surface area contributed by atoms with Crippen molar-refractivity contribution in [2.24, 2.45) is 0 Å². The third-order valence-electron chi connectivity index (χ3n) is 3.32.